The maximum absolute atomic E-state index is 14.1. The minimum atomic E-state index is -1.30. The standard InChI is InChI=1S/C92H153N3O24/c1-65-68(4)82(59-113-74(10)96)117-89(71(65)7)110-52-32-20-28-44-85(103)93-50-35-51-94-86(104)49-57-109-64-92(95-87(105)45-27-15-13-14-16-29-46-88(106)116-58-77-36-21-17-22-37-77,62-107-55-47-80(101)40-25-18-23-38-78(99)42-30-33-53-111-90-72(8)66(2)69(5)83(118-90)60-114-75(11)97)63-108-56-48-81(102)41-26-19-24-39-79(100)43-31-34-54-112-91-73(9)67(3)70(6)84(119-91)61-115-76(12)98/h17,21-22,36-37,65-73,82-84,89-91H,13-16,18-20,23-35,38-64H2,1-12H3,(H,93,103)(H,94,104)(H,95,105)/t65-,66-,67-,68+,69+,70+,71?,72?,73?,82?,83?,84?,89+,90+,91+,92?/m0/s1. The lowest BCUT2D eigenvalue weighted by Gasteiger charge is -2.43. The van der Waals surface area contributed by atoms with Crippen molar-refractivity contribution < 1.29 is 114 Å². The molecule has 0 saturated carbocycles. The van der Waals surface area contributed by atoms with E-state index in [2.05, 4.69) is 78.3 Å². The van der Waals surface area contributed by atoms with Gasteiger partial charge in [0.1, 0.15) is 55.1 Å². The number of Topliss-reactive ketones (excluding diaryl/α,β-unsaturated/α-hetero) is 4. The van der Waals surface area contributed by atoms with Gasteiger partial charge in [0.15, 0.2) is 18.9 Å². The summed E-state index contributed by atoms with van der Waals surface area (Å²) < 4.78 is 76.9. The zero-order chi connectivity index (χ0) is 87.2. The molecular weight excluding hydrogens is 1530 g/mol. The normalized spacial score (nSPS) is 23.5. The molecule has 1 aromatic carbocycles. The summed E-state index contributed by atoms with van der Waals surface area (Å²) in [5, 5.41) is 8.98. The number of hydrogen-bond acceptors (Lipinski definition) is 24. The van der Waals surface area contributed by atoms with Crippen LogP contribution in [0.4, 0.5) is 0 Å². The Hall–Kier alpha value is -6.17. The maximum Gasteiger partial charge on any atom is 0.306 e. The quantitative estimate of drug-likeness (QED) is 0.0310. The molecule has 1 aromatic rings. The molecule has 119 heavy (non-hydrogen) atoms. The predicted octanol–water partition coefficient (Wildman–Crippen LogP) is 14.3. The van der Waals surface area contributed by atoms with Gasteiger partial charge in [-0.3, -0.25) is 52.7 Å². The first-order valence-electron chi connectivity index (χ1n) is 45.1. The lowest BCUT2D eigenvalue weighted by Crippen LogP contribution is -2.58. The monoisotopic (exact) mass is 1680 g/mol. The highest BCUT2D eigenvalue weighted by Gasteiger charge is 2.43. The Morgan fingerprint density at radius 3 is 1.03 bits per heavy atom. The van der Waals surface area contributed by atoms with Gasteiger partial charge in [-0.1, -0.05) is 138 Å². The third kappa shape index (κ3) is 46.2. The second-order valence-electron chi connectivity index (χ2n) is 33.9. The Balaban J connectivity index is 1.27. The molecule has 3 heterocycles. The predicted molar refractivity (Wildman–Crippen MR) is 450 cm³/mol. The van der Waals surface area contributed by atoms with E-state index in [1.54, 1.807) is 0 Å². The number of benzene rings is 1. The largest absolute Gasteiger partial charge is 0.463 e. The number of ether oxygens (including phenoxy) is 13. The van der Waals surface area contributed by atoms with Crippen LogP contribution in [0.25, 0.3) is 0 Å². The van der Waals surface area contributed by atoms with Gasteiger partial charge in [-0.05, 0) is 125 Å². The minimum Gasteiger partial charge on any atom is -0.463 e. The van der Waals surface area contributed by atoms with E-state index in [1.165, 1.54) is 20.8 Å². The van der Waals surface area contributed by atoms with E-state index < -0.39 is 24.4 Å². The van der Waals surface area contributed by atoms with E-state index in [0.29, 0.717) is 192 Å². The van der Waals surface area contributed by atoms with Crippen molar-refractivity contribution in [3.63, 3.8) is 0 Å². The SMILES string of the molecule is CC(=O)OCC1O[C@@H](OCCCCCC(=O)NCCCNC(=O)CCOCC(COCCC(=O)CCCCCC(=O)CCCCO[C@@H]2OC(COC(C)=O)[C@H](C)[C@H](C)C2C)(COCCC(=O)CCCCCC(=O)CCCCO[C@@H]2OC(COC(C)=O)[C@H](C)[C@H](C)C2C)NC(=O)CCCCCCCCC(=O)OCc2ccccc2)C(C)[C@@H](C)[C@H]1C. The van der Waals surface area contributed by atoms with E-state index >= 15 is 0 Å². The summed E-state index contributed by atoms with van der Waals surface area (Å²) in [6.07, 6.45) is 15.5. The smallest absolute Gasteiger partial charge is 0.306 e. The molecule has 3 N–H and O–H groups in total. The molecule has 3 amide bonds. The number of nitrogens with one attached hydrogen (secondary N) is 3. The Kier molecular flexibility index (Phi) is 54.8. The number of carbonyl (C=O) groups excluding carboxylic acids is 11. The Morgan fingerprint density at radius 2 is 0.630 bits per heavy atom. The lowest BCUT2D eigenvalue weighted by molar-refractivity contribution is -0.255. The highest BCUT2D eigenvalue weighted by Crippen LogP contribution is 2.39. The van der Waals surface area contributed by atoms with Crippen molar-refractivity contribution in [2.45, 2.75) is 338 Å². The number of carbonyl (C=O) groups is 11. The summed E-state index contributed by atoms with van der Waals surface area (Å²) >= 11 is 0. The van der Waals surface area contributed by atoms with Crippen molar-refractivity contribution in [2.24, 2.45) is 53.3 Å². The van der Waals surface area contributed by atoms with Crippen molar-refractivity contribution in [2.75, 3.05) is 92.4 Å². The molecule has 3 aliphatic rings. The number of ketones is 4. The van der Waals surface area contributed by atoms with E-state index in [0.717, 1.165) is 44.1 Å². The molecule has 27 heteroatoms. The summed E-state index contributed by atoms with van der Waals surface area (Å²) in [7, 11) is 0. The first kappa shape index (κ1) is 105. The third-order valence-corrected chi connectivity index (χ3v) is 24.1. The van der Waals surface area contributed by atoms with Crippen LogP contribution in [0, 0.1) is 53.3 Å². The van der Waals surface area contributed by atoms with Gasteiger partial charge in [0.25, 0.3) is 0 Å². The highest BCUT2D eigenvalue weighted by molar-refractivity contribution is 5.80. The van der Waals surface area contributed by atoms with Crippen molar-refractivity contribution in [1.82, 2.24) is 16.0 Å². The van der Waals surface area contributed by atoms with Crippen LogP contribution < -0.4 is 16.0 Å². The Morgan fingerprint density at radius 1 is 0.319 bits per heavy atom. The van der Waals surface area contributed by atoms with Gasteiger partial charge in [-0.15, -0.1) is 0 Å². The maximum atomic E-state index is 14.1. The van der Waals surface area contributed by atoms with Crippen molar-refractivity contribution in [3.8, 4) is 0 Å². The fourth-order valence-corrected chi connectivity index (χ4v) is 15.1. The summed E-state index contributed by atoms with van der Waals surface area (Å²) in [5.41, 5.74) is -0.368. The molecule has 0 bridgehead atoms. The van der Waals surface area contributed by atoms with E-state index in [9.17, 15) is 52.7 Å². The van der Waals surface area contributed by atoms with Gasteiger partial charge < -0.3 is 77.5 Å². The molecular formula is C92H153N3O24. The van der Waals surface area contributed by atoms with Gasteiger partial charge in [0.05, 0.1) is 58.0 Å². The van der Waals surface area contributed by atoms with Gasteiger partial charge in [0, 0.05) is 148 Å². The number of unbranched alkanes of at least 4 members (excludes halogenated alkanes) is 13. The van der Waals surface area contributed by atoms with Gasteiger partial charge in [0.2, 0.25) is 17.7 Å². The summed E-state index contributed by atoms with van der Waals surface area (Å²) in [6.45, 7) is 25.8. The van der Waals surface area contributed by atoms with Gasteiger partial charge >= 0.3 is 23.9 Å². The average Bonchev–Trinajstić information content (AvgIpc) is 0.827. The van der Waals surface area contributed by atoms with Crippen molar-refractivity contribution in [3.05, 3.63) is 35.9 Å². The Bertz CT molecular complexity index is 2960. The first-order valence-corrected chi connectivity index (χ1v) is 45.1. The number of hydrogen-bond donors (Lipinski definition) is 3. The summed E-state index contributed by atoms with van der Waals surface area (Å²) in [6, 6.07) is 9.54. The van der Waals surface area contributed by atoms with Crippen molar-refractivity contribution >= 4 is 64.7 Å². The van der Waals surface area contributed by atoms with Crippen LogP contribution in [0.3, 0.4) is 0 Å². The van der Waals surface area contributed by atoms with Crippen LogP contribution in [-0.2, 0) is 121 Å². The molecule has 27 nitrogen and oxygen atoms in total. The number of esters is 4. The molecule has 15 atom stereocenters. The van der Waals surface area contributed by atoms with Crippen LogP contribution >= 0.6 is 0 Å². The van der Waals surface area contributed by atoms with Crippen LogP contribution in [0.5, 0.6) is 0 Å². The lowest BCUT2D eigenvalue weighted by atomic mass is 9.79. The molecule has 0 aliphatic carbocycles. The molecule has 3 saturated heterocycles. The molecule has 0 aromatic heterocycles. The van der Waals surface area contributed by atoms with Crippen LogP contribution in [0.1, 0.15) is 294 Å². The molecule has 680 valence electrons. The van der Waals surface area contributed by atoms with Gasteiger partial charge in [-0.2, -0.15) is 0 Å². The number of rotatable bonds is 68. The zero-order valence-electron chi connectivity index (χ0n) is 74.6. The van der Waals surface area contributed by atoms with Crippen LogP contribution in [-0.4, -0.2) is 200 Å². The molecule has 0 radical (unpaired) electrons. The highest BCUT2D eigenvalue weighted by atomic mass is 16.7. The second kappa shape index (κ2) is 62.0. The average molecular weight is 1690 g/mol. The molecule has 3 fully saturated rings. The molecule has 4 rings (SSSR count). The first-order chi connectivity index (χ1) is 57.1. The zero-order valence-corrected chi connectivity index (χ0v) is 74.6. The molecule has 0 spiro atoms. The third-order valence-electron chi connectivity index (χ3n) is 24.1. The van der Waals surface area contributed by atoms with E-state index in [4.69, 9.17) is 61.6 Å². The fraction of sp³-hybridized carbons (Fsp3) is 0.815. The van der Waals surface area contributed by atoms with Crippen molar-refractivity contribution in [1.29, 1.82) is 0 Å². The fourth-order valence-electron chi connectivity index (χ4n) is 15.1. The van der Waals surface area contributed by atoms with E-state index in [-0.39, 0.29) is 210 Å². The van der Waals surface area contributed by atoms with Crippen LogP contribution in [0.15, 0.2) is 30.3 Å². The Labute approximate surface area is 711 Å². The van der Waals surface area contributed by atoms with Gasteiger partial charge in [-0.25, -0.2) is 0 Å². The minimum absolute atomic E-state index is 0.0111. The molecule has 6 unspecified atom stereocenters. The number of amides is 3. The topological polar surface area (TPSA) is 344 Å². The molecule has 3 aliphatic heterocycles. The van der Waals surface area contributed by atoms with Crippen LogP contribution in [0.2, 0.25) is 0 Å². The summed E-state index contributed by atoms with van der Waals surface area (Å²) in [4.78, 5) is 139. The van der Waals surface area contributed by atoms with E-state index in [1.807, 2.05) is 30.3 Å². The second-order valence-corrected chi connectivity index (χ2v) is 33.9. The summed E-state index contributed by atoms with van der Waals surface area (Å²) in [5.74, 6) is 0.385.